The van der Waals surface area contributed by atoms with E-state index in [1.165, 1.54) is 5.56 Å². The first-order chi connectivity index (χ1) is 19.0. The number of rotatable bonds is 9. The summed E-state index contributed by atoms with van der Waals surface area (Å²) in [6.45, 7) is 9.49. The number of carbonyl (C=O) groups is 3. The molecule has 1 heterocycles. The molecule has 2 atom stereocenters. The molecule has 40 heavy (non-hydrogen) atoms. The Morgan fingerprint density at radius 2 is 1.52 bits per heavy atom. The van der Waals surface area contributed by atoms with Gasteiger partial charge < -0.3 is 10.2 Å². The third-order valence-corrected chi connectivity index (χ3v) is 8.21. The number of carbonyl (C=O) groups excluding carboxylic acids is 3. The summed E-state index contributed by atoms with van der Waals surface area (Å²) in [5.74, 6) is -0.193. The number of benzene rings is 3. The van der Waals surface area contributed by atoms with Crippen molar-refractivity contribution in [1.82, 2.24) is 10.2 Å². The van der Waals surface area contributed by atoms with Gasteiger partial charge in [-0.15, -0.1) is 0 Å². The zero-order valence-corrected chi connectivity index (χ0v) is 24.6. The molecule has 6 heteroatoms. The minimum absolute atomic E-state index is 0.0416. The number of likely N-dealkylation sites (tertiary alicyclic amines) is 1. The lowest BCUT2D eigenvalue weighted by molar-refractivity contribution is -0.140. The fraction of sp³-hybridized carbons (Fsp3) is 0.382. The molecule has 3 aromatic rings. The molecule has 4 rings (SSSR count). The third-order valence-electron chi connectivity index (χ3n) is 7.96. The van der Waals surface area contributed by atoms with Crippen LogP contribution in [0.15, 0.2) is 78.9 Å². The Hall–Kier alpha value is -3.44. The maximum atomic E-state index is 13.6. The van der Waals surface area contributed by atoms with Gasteiger partial charge in [0.15, 0.2) is 5.78 Å². The average molecular weight is 559 g/mol. The zero-order valence-electron chi connectivity index (χ0n) is 23.8. The molecular weight excluding hydrogens is 520 g/mol. The first-order valence-electron chi connectivity index (χ1n) is 14.1. The third kappa shape index (κ3) is 7.19. The number of ketones is 1. The first kappa shape index (κ1) is 29.5. The number of hydrogen-bond acceptors (Lipinski definition) is 3. The summed E-state index contributed by atoms with van der Waals surface area (Å²) in [4.78, 5) is 41.1. The molecule has 210 valence electrons. The number of piperidine rings is 1. The lowest BCUT2D eigenvalue weighted by Crippen LogP contribution is -2.55. The molecule has 3 aromatic carbocycles. The topological polar surface area (TPSA) is 66.5 Å². The zero-order chi connectivity index (χ0) is 28.9. The highest BCUT2D eigenvalue weighted by atomic mass is 35.5. The molecule has 0 aliphatic carbocycles. The monoisotopic (exact) mass is 558 g/mol. The van der Waals surface area contributed by atoms with Crippen molar-refractivity contribution in [2.24, 2.45) is 11.3 Å². The van der Waals surface area contributed by atoms with E-state index >= 15 is 0 Å². The molecule has 1 N–H and O–H groups in total. The summed E-state index contributed by atoms with van der Waals surface area (Å²) in [7, 11) is 0. The Morgan fingerprint density at radius 3 is 2.12 bits per heavy atom. The van der Waals surface area contributed by atoms with E-state index in [0.29, 0.717) is 29.6 Å². The van der Waals surface area contributed by atoms with Crippen LogP contribution in [0, 0.1) is 11.3 Å². The average Bonchev–Trinajstić information content (AvgIpc) is 2.95. The van der Waals surface area contributed by atoms with Crippen LogP contribution in [-0.2, 0) is 9.59 Å². The van der Waals surface area contributed by atoms with Gasteiger partial charge in [-0.25, -0.2) is 0 Å². The van der Waals surface area contributed by atoms with Crippen molar-refractivity contribution in [2.75, 3.05) is 13.1 Å². The molecule has 0 bridgehead atoms. The van der Waals surface area contributed by atoms with Gasteiger partial charge >= 0.3 is 0 Å². The largest absolute Gasteiger partial charge is 0.344 e. The van der Waals surface area contributed by atoms with E-state index in [2.05, 4.69) is 31.3 Å². The Balaban J connectivity index is 1.32. The van der Waals surface area contributed by atoms with Gasteiger partial charge in [-0.1, -0.05) is 106 Å². The molecule has 0 aromatic heterocycles. The van der Waals surface area contributed by atoms with Gasteiger partial charge in [0, 0.05) is 36.5 Å². The van der Waals surface area contributed by atoms with Gasteiger partial charge in [0.2, 0.25) is 11.8 Å². The van der Waals surface area contributed by atoms with Crippen molar-refractivity contribution in [2.45, 2.75) is 58.9 Å². The Kier molecular flexibility index (Phi) is 9.47. The van der Waals surface area contributed by atoms with Crippen molar-refractivity contribution in [1.29, 1.82) is 0 Å². The van der Waals surface area contributed by atoms with Crippen LogP contribution in [0.3, 0.4) is 0 Å². The van der Waals surface area contributed by atoms with Crippen molar-refractivity contribution >= 4 is 29.2 Å². The Labute approximate surface area is 242 Å². The number of Topliss-reactive ketones (excluding diaryl/α,β-unsaturated/α-hetero) is 1. The van der Waals surface area contributed by atoms with E-state index in [1.807, 2.05) is 73.3 Å². The smallest absolute Gasteiger partial charge is 0.245 e. The SMILES string of the molecule is CC(C)[C@@H](NC(=O)CCC(=O)c1ccc(-c2ccccc2)cc1)C(=O)N1CCC(c2ccc(Cl)cc2)C(C)(C)C1. The second kappa shape index (κ2) is 12.8. The highest BCUT2D eigenvalue weighted by Crippen LogP contribution is 2.42. The van der Waals surface area contributed by atoms with Crippen LogP contribution in [0.5, 0.6) is 0 Å². The molecule has 1 aliphatic rings. The van der Waals surface area contributed by atoms with Crippen molar-refractivity contribution in [3.8, 4) is 11.1 Å². The highest BCUT2D eigenvalue weighted by Gasteiger charge is 2.40. The minimum atomic E-state index is -0.629. The quantitative estimate of drug-likeness (QED) is 0.283. The van der Waals surface area contributed by atoms with Crippen LogP contribution in [0.4, 0.5) is 0 Å². The fourth-order valence-corrected chi connectivity index (χ4v) is 5.79. The first-order valence-corrected chi connectivity index (χ1v) is 14.5. The van der Waals surface area contributed by atoms with Crippen LogP contribution in [-0.4, -0.2) is 41.6 Å². The van der Waals surface area contributed by atoms with E-state index in [1.54, 1.807) is 12.1 Å². The Morgan fingerprint density at radius 1 is 0.900 bits per heavy atom. The summed E-state index contributed by atoms with van der Waals surface area (Å²) >= 11 is 6.08. The van der Waals surface area contributed by atoms with Gasteiger partial charge in [-0.05, 0) is 52.5 Å². The van der Waals surface area contributed by atoms with E-state index < -0.39 is 6.04 Å². The minimum Gasteiger partial charge on any atom is -0.344 e. The molecule has 1 unspecified atom stereocenters. The van der Waals surface area contributed by atoms with E-state index in [4.69, 9.17) is 11.6 Å². The predicted molar refractivity (Wildman–Crippen MR) is 161 cm³/mol. The normalized spacial score (nSPS) is 17.4. The fourth-order valence-electron chi connectivity index (χ4n) is 5.66. The molecule has 0 radical (unpaired) electrons. The van der Waals surface area contributed by atoms with Crippen LogP contribution in [0.1, 0.15) is 68.8 Å². The van der Waals surface area contributed by atoms with Gasteiger partial charge in [0.05, 0.1) is 0 Å². The maximum Gasteiger partial charge on any atom is 0.245 e. The van der Waals surface area contributed by atoms with Crippen LogP contribution in [0.25, 0.3) is 11.1 Å². The van der Waals surface area contributed by atoms with Crippen LogP contribution >= 0.6 is 11.6 Å². The lowest BCUT2D eigenvalue weighted by atomic mass is 9.70. The lowest BCUT2D eigenvalue weighted by Gasteiger charge is -2.45. The summed E-state index contributed by atoms with van der Waals surface area (Å²) in [6, 6.07) is 24.8. The number of nitrogens with one attached hydrogen (secondary N) is 1. The van der Waals surface area contributed by atoms with Gasteiger partial charge in [0.25, 0.3) is 0 Å². The second-order valence-corrected chi connectivity index (χ2v) is 12.2. The molecule has 2 amide bonds. The van der Waals surface area contributed by atoms with E-state index in [-0.39, 0.29) is 41.8 Å². The van der Waals surface area contributed by atoms with E-state index in [9.17, 15) is 14.4 Å². The number of hydrogen-bond donors (Lipinski definition) is 1. The van der Waals surface area contributed by atoms with Crippen LogP contribution in [0.2, 0.25) is 5.02 Å². The molecule has 1 aliphatic heterocycles. The molecular formula is C34H39ClN2O3. The number of amides is 2. The summed E-state index contributed by atoms with van der Waals surface area (Å²) < 4.78 is 0. The molecule has 1 fully saturated rings. The number of nitrogens with zero attached hydrogens (tertiary/aromatic N) is 1. The summed E-state index contributed by atoms with van der Waals surface area (Å²) in [5.41, 5.74) is 3.80. The molecule has 0 spiro atoms. The van der Waals surface area contributed by atoms with Crippen molar-refractivity contribution in [3.63, 3.8) is 0 Å². The highest BCUT2D eigenvalue weighted by molar-refractivity contribution is 6.30. The summed E-state index contributed by atoms with van der Waals surface area (Å²) in [6.07, 6.45) is 0.978. The maximum absolute atomic E-state index is 13.6. The molecule has 1 saturated heterocycles. The Bertz CT molecular complexity index is 1320. The molecule has 5 nitrogen and oxygen atoms in total. The molecule has 0 saturated carbocycles. The van der Waals surface area contributed by atoms with Crippen LogP contribution < -0.4 is 5.32 Å². The predicted octanol–water partition coefficient (Wildman–Crippen LogP) is 7.15. The van der Waals surface area contributed by atoms with Crippen molar-refractivity contribution in [3.05, 3.63) is 95.0 Å². The van der Waals surface area contributed by atoms with Gasteiger partial charge in [-0.2, -0.15) is 0 Å². The number of halogens is 1. The summed E-state index contributed by atoms with van der Waals surface area (Å²) in [5, 5.41) is 3.65. The standard InChI is InChI=1S/C34H39ClN2O3/c1-23(2)32(33(40)37-21-20-29(34(3,4)22-37)26-14-16-28(35)17-15-26)36-31(39)19-18-30(38)27-12-10-25(11-13-27)24-8-6-5-7-9-24/h5-17,23,29,32H,18-22H2,1-4H3,(H,36,39)/t29?,32-/m1/s1. The second-order valence-electron chi connectivity index (χ2n) is 11.8. The van der Waals surface area contributed by atoms with E-state index in [0.717, 1.165) is 17.5 Å². The van der Waals surface area contributed by atoms with Crippen molar-refractivity contribution < 1.29 is 14.4 Å². The van der Waals surface area contributed by atoms with Gasteiger partial charge in [-0.3, -0.25) is 14.4 Å². The van der Waals surface area contributed by atoms with Gasteiger partial charge in [0.1, 0.15) is 6.04 Å².